The standard InChI is InChI=1S/C20H19ClN4O2.ClH/c1-24-19(26)12-17(14-6-8-22-9-7-14)23-20(24)25-10-11-27-18(13-25)15-4-2-3-5-16(15)21;/h2-9,12,18H,10-11,13H2,1H3;1H/t18-;/m0./s1. The van der Waals surface area contributed by atoms with Gasteiger partial charge in [0.25, 0.3) is 5.56 Å². The SMILES string of the molecule is Cl.Cn1c(N2CCO[C@H](c3ccccc3Cl)C2)nc(-c2ccncc2)cc1=O. The number of rotatable bonds is 3. The van der Waals surface area contributed by atoms with Crippen LogP contribution in [0.4, 0.5) is 5.95 Å². The third-order valence-electron chi connectivity index (χ3n) is 4.69. The first-order chi connectivity index (χ1) is 13.1. The topological polar surface area (TPSA) is 60.2 Å². The largest absolute Gasteiger partial charge is 0.370 e. The number of ether oxygens (including phenoxy) is 1. The number of nitrogens with zero attached hydrogens (tertiary/aromatic N) is 4. The van der Waals surface area contributed by atoms with Crippen LogP contribution in [0.2, 0.25) is 5.02 Å². The molecule has 0 radical (unpaired) electrons. The fourth-order valence-electron chi connectivity index (χ4n) is 3.24. The van der Waals surface area contributed by atoms with Crippen LogP contribution in [-0.4, -0.2) is 34.2 Å². The Morgan fingerprint density at radius 2 is 1.93 bits per heavy atom. The third kappa shape index (κ3) is 4.04. The van der Waals surface area contributed by atoms with Crippen molar-refractivity contribution >= 4 is 30.0 Å². The lowest BCUT2D eigenvalue weighted by Crippen LogP contribution is -2.41. The molecule has 4 rings (SSSR count). The maximum absolute atomic E-state index is 12.5. The molecule has 6 nitrogen and oxygen atoms in total. The van der Waals surface area contributed by atoms with Crippen LogP contribution in [0.5, 0.6) is 0 Å². The van der Waals surface area contributed by atoms with E-state index < -0.39 is 0 Å². The molecule has 1 atom stereocenters. The highest BCUT2D eigenvalue weighted by molar-refractivity contribution is 6.31. The van der Waals surface area contributed by atoms with E-state index >= 15 is 0 Å². The summed E-state index contributed by atoms with van der Waals surface area (Å²) in [6.07, 6.45) is 3.21. The second-order valence-corrected chi connectivity index (χ2v) is 6.81. The first kappa shape index (κ1) is 20.3. The van der Waals surface area contributed by atoms with Gasteiger partial charge in [-0.15, -0.1) is 12.4 Å². The molecule has 3 heterocycles. The molecule has 3 aromatic rings. The van der Waals surface area contributed by atoms with E-state index in [0.717, 1.165) is 11.1 Å². The van der Waals surface area contributed by atoms with Gasteiger partial charge in [-0.2, -0.15) is 0 Å². The van der Waals surface area contributed by atoms with Gasteiger partial charge in [-0.1, -0.05) is 29.8 Å². The maximum Gasteiger partial charge on any atom is 0.255 e. The number of aromatic nitrogens is 3. The summed E-state index contributed by atoms with van der Waals surface area (Å²) in [5.41, 5.74) is 2.34. The molecule has 2 aromatic heterocycles. The summed E-state index contributed by atoms with van der Waals surface area (Å²) in [5.74, 6) is 0.620. The van der Waals surface area contributed by atoms with Crippen LogP contribution in [0.1, 0.15) is 11.7 Å². The predicted molar refractivity (Wildman–Crippen MR) is 112 cm³/mol. The van der Waals surface area contributed by atoms with Gasteiger partial charge in [0, 0.05) is 48.2 Å². The van der Waals surface area contributed by atoms with Crippen LogP contribution >= 0.6 is 24.0 Å². The predicted octanol–water partition coefficient (Wildman–Crippen LogP) is 3.50. The summed E-state index contributed by atoms with van der Waals surface area (Å²) in [4.78, 5) is 23.4. The molecule has 0 spiro atoms. The molecule has 0 amide bonds. The van der Waals surface area contributed by atoms with Crippen LogP contribution in [-0.2, 0) is 11.8 Å². The monoisotopic (exact) mass is 418 g/mol. The van der Waals surface area contributed by atoms with Crippen LogP contribution in [0.3, 0.4) is 0 Å². The molecule has 1 aliphatic heterocycles. The molecule has 1 aromatic carbocycles. The minimum atomic E-state index is -0.172. The van der Waals surface area contributed by atoms with Crippen LogP contribution in [0.15, 0.2) is 59.7 Å². The third-order valence-corrected chi connectivity index (χ3v) is 5.03. The van der Waals surface area contributed by atoms with Gasteiger partial charge in [-0.05, 0) is 18.2 Å². The molecule has 0 saturated carbocycles. The first-order valence-electron chi connectivity index (χ1n) is 8.73. The Bertz CT molecular complexity index is 1010. The Morgan fingerprint density at radius 1 is 1.18 bits per heavy atom. The van der Waals surface area contributed by atoms with Crippen molar-refractivity contribution < 1.29 is 4.74 Å². The zero-order chi connectivity index (χ0) is 18.8. The van der Waals surface area contributed by atoms with E-state index in [0.29, 0.717) is 36.4 Å². The van der Waals surface area contributed by atoms with Gasteiger partial charge < -0.3 is 9.64 Å². The Morgan fingerprint density at radius 3 is 2.68 bits per heavy atom. The van der Waals surface area contributed by atoms with Gasteiger partial charge >= 0.3 is 0 Å². The normalized spacial score (nSPS) is 16.5. The Balaban J connectivity index is 0.00000225. The summed E-state index contributed by atoms with van der Waals surface area (Å²) in [5, 5.41) is 0.678. The van der Waals surface area contributed by atoms with Crippen molar-refractivity contribution in [1.82, 2.24) is 14.5 Å². The average Bonchev–Trinajstić information content (AvgIpc) is 2.71. The van der Waals surface area contributed by atoms with Gasteiger partial charge in [0.1, 0.15) is 6.10 Å². The zero-order valence-corrected chi connectivity index (χ0v) is 16.9. The Kier molecular flexibility index (Phi) is 6.34. The lowest BCUT2D eigenvalue weighted by atomic mass is 10.1. The van der Waals surface area contributed by atoms with Crippen molar-refractivity contribution in [1.29, 1.82) is 0 Å². The van der Waals surface area contributed by atoms with Gasteiger partial charge in [0.15, 0.2) is 0 Å². The maximum atomic E-state index is 12.5. The average molecular weight is 419 g/mol. The second kappa shape index (κ2) is 8.73. The summed E-state index contributed by atoms with van der Waals surface area (Å²) in [7, 11) is 1.74. The van der Waals surface area contributed by atoms with Crippen molar-refractivity contribution in [2.45, 2.75) is 6.10 Å². The fourth-order valence-corrected chi connectivity index (χ4v) is 3.49. The summed E-state index contributed by atoms with van der Waals surface area (Å²) in [6, 6.07) is 12.9. The molecule has 0 N–H and O–H groups in total. The lowest BCUT2D eigenvalue weighted by molar-refractivity contribution is 0.0390. The van der Waals surface area contributed by atoms with Crippen molar-refractivity contribution in [3.63, 3.8) is 0 Å². The van der Waals surface area contributed by atoms with Crippen LogP contribution in [0, 0.1) is 0 Å². The summed E-state index contributed by atoms with van der Waals surface area (Å²) < 4.78 is 7.50. The van der Waals surface area contributed by atoms with Crippen LogP contribution < -0.4 is 10.5 Å². The Hall–Kier alpha value is -2.41. The van der Waals surface area contributed by atoms with E-state index in [9.17, 15) is 4.79 Å². The first-order valence-corrected chi connectivity index (χ1v) is 9.11. The van der Waals surface area contributed by atoms with E-state index in [1.54, 1.807) is 30.1 Å². The number of benzene rings is 1. The summed E-state index contributed by atoms with van der Waals surface area (Å²) in [6.45, 7) is 1.76. The molecular weight excluding hydrogens is 399 g/mol. The molecule has 1 saturated heterocycles. The van der Waals surface area contributed by atoms with Gasteiger partial charge in [0.05, 0.1) is 18.8 Å². The van der Waals surface area contributed by atoms with E-state index in [4.69, 9.17) is 21.3 Å². The van der Waals surface area contributed by atoms with E-state index in [1.807, 2.05) is 36.4 Å². The van der Waals surface area contributed by atoms with Crippen molar-refractivity contribution in [3.05, 3.63) is 75.8 Å². The molecular formula is C20H20Cl2N4O2. The molecule has 0 aliphatic carbocycles. The molecule has 1 aliphatic rings. The van der Waals surface area contributed by atoms with E-state index in [-0.39, 0.29) is 24.1 Å². The van der Waals surface area contributed by atoms with Gasteiger partial charge in [-0.3, -0.25) is 14.3 Å². The smallest absolute Gasteiger partial charge is 0.255 e. The molecule has 146 valence electrons. The number of hydrogen-bond donors (Lipinski definition) is 0. The molecule has 0 bridgehead atoms. The number of morpholine rings is 1. The number of pyridine rings is 1. The minimum Gasteiger partial charge on any atom is -0.370 e. The molecule has 0 unspecified atom stereocenters. The minimum absolute atomic E-state index is 0. The van der Waals surface area contributed by atoms with Gasteiger partial charge in [-0.25, -0.2) is 4.98 Å². The number of hydrogen-bond acceptors (Lipinski definition) is 5. The van der Waals surface area contributed by atoms with Crippen molar-refractivity contribution in [2.24, 2.45) is 7.05 Å². The van der Waals surface area contributed by atoms with Crippen molar-refractivity contribution in [3.8, 4) is 11.3 Å². The fraction of sp³-hybridized carbons (Fsp3) is 0.250. The number of anilines is 1. The van der Waals surface area contributed by atoms with E-state index in [2.05, 4.69) is 9.88 Å². The zero-order valence-electron chi connectivity index (χ0n) is 15.3. The number of halogens is 2. The molecule has 1 fully saturated rings. The summed E-state index contributed by atoms with van der Waals surface area (Å²) >= 11 is 6.34. The van der Waals surface area contributed by atoms with E-state index in [1.165, 1.54) is 0 Å². The quantitative estimate of drug-likeness (QED) is 0.651. The lowest BCUT2D eigenvalue weighted by Gasteiger charge is -2.34. The molecule has 28 heavy (non-hydrogen) atoms. The molecule has 8 heteroatoms. The highest BCUT2D eigenvalue weighted by Gasteiger charge is 2.26. The van der Waals surface area contributed by atoms with Gasteiger partial charge in [0.2, 0.25) is 5.95 Å². The highest BCUT2D eigenvalue weighted by atomic mass is 35.5. The Labute approximate surface area is 174 Å². The van der Waals surface area contributed by atoms with Crippen LogP contribution in [0.25, 0.3) is 11.3 Å². The second-order valence-electron chi connectivity index (χ2n) is 6.40. The highest BCUT2D eigenvalue weighted by Crippen LogP contribution is 2.30. The van der Waals surface area contributed by atoms with Crippen molar-refractivity contribution in [2.75, 3.05) is 24.6 Å².